The summed E-state index contributed by atoms with van der Waals surface area (Å²) in [5, 5.41) is 6.55. The fourth-order valence-electron chi connectivity index (χ4n) is 3.12. The van der Waals surface area contributed by atoms with Crippen molar-refractivity contribution in [3.63, 3.8) is 0 Å². The molecular weight excluding hydrogens is 437 g/mol. The van der Waals surface area contributed by atoms with Gasteiger partial charge in [0.05, 0.1) is 28.5 Å². The van der Waals surface area contributed by atoms with Gasteiger partial charge in [0.1, 0.15) is 9.84 Å². The average molecular weight is 466 g/mol. The summed E-state index contributed by atoms with van der Waals surface area (Å²) >= 11 is 12.0. The second-order valence-electron chi connectivity index (χ2n) is 7.12. The number of sulfone groups is 1. The van der Waals surface area contributed by atoms with Crippen LogP contribution >= 0.6 is 23.2 Å². The number of urea groups is 1. The third-order valence-electron chi connectivity index (χ3n) is 4.54. The summed E-state index contributed by atoms with van der Waals surface area (Å²) < 4.78 is 29.0. The molecule has 7 nitrogen and oxygen atoms in total. The van der Waals surface area contributed by atoms with Gasteiger partial charge in [0.15, 0.2) is 0 Å². The van der Waals surface area contributed by atoms with Crippen molar-refractivity contribution in [1.29, 1.82) is 0 Å². The predicted octanol–water partition coefficient (Wildman–Crippen LogP) is 2.71. The molecule has 2 N–H and O–H groups in total. The molecule has 2 rings (SSSR count). The van der Waals surface area contributed by atoms with E-state index in [4.69, 9.17) is 27.9 Å². The quantitative estimate of drug-likeness (QED) is 0.518. The molecule has 10 heteroatoms. The highest BCUT2D eigenvalue weighted by Crippen LogP contribution is 2.23. The molecule has 1 fully saturated rings. The SMILES string of the molecule is CCCS(=O)(=O)CCCNC(=O)NC[C@H]1CN(Cc2ccc(Cl)c(Cl)c2)CCO1. The van der Waals surface area contributed by atoms with Crippen molar-refractivity contribution >= 4 is 39.1 Å². The number of nitrogens with zero attached hydrogens (tertiary/aromatic N) is 1. The maximum absolute atomic E-state index is 11.9. The van der Waals surface area contributed by atoms with Gasteiger partial charge in [-0.2, -0.15) is 0 Å². The Morgan fingerprint density at radius 2 is 2.03 bits per heavy atom. The molecule has 0 aliphatic carbocycles. The van der Waals surface area contributed by atoms with Gasteiger partial charge >= 0.3 is 6.03 Å². The summed E-state index contributed by atoms with van der Waals surface area (Å²) in [6.45, 7) is 5.36. The molecule has 29 heavy (non-hydrogen) atoms. The first-order valence-corrected chi connectivity index (χ1v) is 12.4. The molecular formula is C19H29Cl2N3O4S. The lowest BCUT2D eigenvalue weighted by Gasteiger charge is -2.33. The Morgan fingerprint density at radius 3 is 2.76 bits per heavy atom. The lowest BCUT2D eigenvalue weighted by Crippen LogP contribution is -2.48. The molecule has 2 amide bonds. The van der Waals surface area contributed by atoms with Crippen molar-refractivity contribution in [1.82, 2.24) is 15.5 Å². The van der Waals surface area contributed by atoms with Gasteiger partial charge in [-0.25, -0.2) is 13.2 Å². The molecule has 1 aromatic rings. The molecule has 0 saturated carbocycles. The van der Waals surface area contributed by atoms with Gasteiger partial charge in [-0.05, 0) is 30.5 Å². The largest absolute Gasteiger partial charge is 0.374 e. The van der Waals surface area contributed by atoms with Gasteiger partial charge in [0.25, 0.3) is 0 Å². The Kier molecular flexibility index (Phi) is 9.98. The van der Waals surface area contributed by atoms with Crippen LogP contribution in [0, 0.1) is 0 Å². The monoisotopic (exact) mass is 465 g/mol. The minimum absolute atomic E-state index is 0.0938. The molecule has 0 radical (unpaired) electrons. The van der Waals surface area contributed by atoms with E-state index in [1.807, 2.05) is 19.1 Å². The Bertz CT molecular complexity index is 777. The molecule has 1 heterocycles. The smallest absolute Gasteiger partial charge is 0.314 e. The molecule has 0 unspecified atom stereocenters. The Hall–Kier alpha value is -1.06. The zero-order valence-electron chi connectivity index (χ0n) is 16.6. The second kappa shape index (κ2) is 12.0. The lowest BCUT2D eigenvalue weighted by atomic mass is 10.2. The first kappa shape index (κ1) is 24.2. The molecule has 0 bridgehead atoms. The van der Waals surface area contributed by atoms with Gasteiger partial charge in [0, 0.05) is 38.5 Å². The number of hydrogen-bond donors (Lipinski definition) is 2. The van der Waals surface area contributed by atoms with E-state index in [0.29, 0.717) is 49.1 Å². The molecule has 1 atom stereocenters. The minimum atomic E-state index is -3.01. The summed E-state index contributed by atoms with van der Waals surface area (Å²) in [6.07, 6.45) is 0.912. The summed E-state index contributed by atoms with van der Waals surface area (Å²) in [6, 6.07) is 5.28. The van der Waals surface area contributed by atoms with Crippen molar-refractivity contribution < 1.29 is 17.9 Å². The molecule has 1 aromatic carbocycles. The first-order valence-electron chi connectivity index (χ1n) is 9.79. The maximum atomic E-state index is 11.9. The lowest BCUT2D eigenvalue weighted by molar-refractivity contribution is -0.0287. The fourth-order valence-corrected chi connectivity index (χ4v) is 4.85. The van der Waals surface area contributed by atoms with Crippen LogP contribution in [0.3, 0.4) is 0 Å². The van der Waals surface area contributed by atoms with E-state index in [-0.39, 0.29) is 23.6 Å². The van der Waals surface area contributed by atoms with Crippen LogP contribution in [0.25, 0.3) is 0 Å². The number of hydrogen-bond acceptors (Lipinski definition) is 5. The normalized spacial score (nSPS) is 17.8. The van der Waals surface area contributed by atoms with Gasteiger partial charge in [-0.1, -0.05) is 36.2 Å². The number of nitrogens with one attached hydrogen (secondary N) is 2. The number of amides is 2. The van der Waals surface area contributed by atoms with Crippen LogP contribution in [-0.2, 0) is 21.1 Å². The van der Waals surface area contributed by atoms with E-state index < -0.39 is 9.84 Å². The van der Waals surface area contributed by atoms with Gasteiger partial charge in [0.2, 0.25) is 0 Å². The zero-order valence-corrected chi connectivity index (χ0v) is 19.0. The highest BCUT2D eigenvalue weighted by molar-refractivity contribution is 7.91. The Morgan fingerprint density at radius 1 is 1.24 bits per heavy atom. The number of benzene rings is 1. The van der Waals surface area contributed by atoms with E-state index in [1.54, 1.807) is 6.07 Å². The number of rotatable bonds is 10. The van der Waals surface area contributed by atoms with Crippen LogP contribution in [0.5, 0.6) is 0 Å². The Balaban J connectivity index is 1.66. The number of morpholine rings is 1. The van der Waals surface area contributed by atoms with Crippen LogP contribution in [0.1, 0.15) is 25.3 Å². The van der Waals surface area contributed by atoms with E-state index in [0.717, 1.165) is 18.7 Å². The molecule has 1 aliphatic rings. The van der Waals surface area contributed by atoms with Crippen molar-refractivity contribution in [2.45, 2.75) is 32.4 Å². The van der Waals surface area contributed by atoms with Crippen LogP contribution in [-0.4, -0.2) is 69.7 Å². The summed E-state index contributed by atoms with van der Waals surface area (Å²) in [5.74, 6) is 0.285. The minimum Gasteiger partial charge on any atom is -0.374 e. The number of carbonyl (C=O) groups is 1. The highest BCUT2D eigenvalue weighted by atomic mass is 35.5. The predicted molar refractivity (Wildman–Crippen MR) is 116 cm³/mol. The first-order chi connectivity index (χ1) is 13.8. The van der Waals surface area contributed by atoms with Crippen molar-refractivity contribution in [2.75, 3.05) is 44.3 Å². The molecule has 0 aromatic heterocycles. The van der Waals surface area contributed by atoms with Crippen LogP contribution in [0.2, 0.25) is 10.0 Å². The van der Waals surface area contributed by atoms with E-state index in [1.165, 1.54) is 0 Å². The van der Waals surface area contributed by atoms with Crippen molar-refractivity contribution in [2.24, 2.45) is 0 Å². The van der Waals surface area contributed by atoms with Crippen LogP contribution in [0.4, 0.5) is 4.79 Å². The second-order valence-corrected chi connectivity index (χ2v) is 10.2. The standard InChI is InChI=1S/C19H29Cl2N3O4S/c1-2-9-29(26,27)10-3-6-22-19(25)23-12-16-14-24(7-8-28-16)13-15-4-5-17(20)18(21)11-15/h4-5,11,16H,2-3,6-10,12-14H2,1H3,(H2,22,23,25)/t16-/m0/s1. The summed E-state index contributed by atoms with van der Waals surface area (Å²) in [4.78, 5) is 14.2. The number of carbonyl (C=O) groups excluding carboxylic acids is 1. The summed E-state index contributed by atoms with van der Waals surface area (Å²) in [5.41, 5.74) is 1.07. The molecule has 1 saturated heterocycles. The molecule has 1 aliphatic heterocycles. The maximum Gasteiger partial charge on any atom is 0.314 e. The zero-order chi connectivity index (χ0) is 21.3. The Labute approximate surface area is 183 Å². The van der Waals surface area contributed by atoms with E-state index in [2.05, 4.69) is 15.5 Å². The molecule has 164 valence electrons. The van der Waals surface area contributed by atoms with Gasteiger partial charge in [-0.3, -0.25) is 4.90 Å². The fraction of sp³-hybridized carbons (Fsp3) is 0.632. The van der Waals surface area contributed by atoms with Crippen LogP contribution in [0.15, 0.2) is 18.2 Å². The van der Waals surface area contributed by atoms with Crippen LogP contribution < -0.4 is 10.6 Å². The number of ether oxygens (including phenoxy) is 1. The van der Waals surface area contributed by atoms with Crippen molar-refractivity contribution in [3.05, 3.63) is 33.8 Å². The highest BCUT2D eigenvalue weighted by Gasteiger charge is 2.21. The third kappa shape index (κ3) is 9.09. The van der Waals surface area contributed by atoms with Crippen molar-refractivity contribution in [3.8, 4) is 0 Å². The van der Waals surface area contributed by atoms with E-state index in [9.17, 15) is 13.2 Å². The topological polar surface area (TPSA) is 87.7 Å². The van der Waals surface area contributed by atoms with Gasteiger partial charge in [-0.15, -0.1) is 0 Å². The van der Waals surface area contributed by atoms with Gasteiger partial charge < -0.3 is 15.4 Å². The summed E-state index contributed by atoms with van der Waals surface area (Å²) in [7, 11) is -3.01. The average Bonchev–Trinajstić information content (AvgIpc) is 2.67. The third-order valence-corrected chi connectivity index (χ3v) is 7.22. The van der Waals surface area contributed by atoms with E-state index >= 15 is 0 Å². The molecule has 0 spiro atoms. The number of halogens is 2.